The molecule has 0 atom stereocenters. The van der Waals surface area contributed by atoms with Gasteiger partial charge in [-0.15, -0.1) is 11.8 Å². The molecule has 0 fully saturated rings. The van der Waals surface area contributed by atoms with Crippen LogP contribution in [0.1, 0.15) is 12.8 Å². The van der Waals surface area contributed by atoms with Crippen molar-refractivity contribution >= 4 is 27.7 Å². The van der Waals surface area contributed by atoms with Crippen molar-refractivity contribution in [1.82, 2.24) is 0 Å². The Morgan fingerprint density at radius 2 is 1.93 bits per heavy atom. The lowest BCUT2D eigenvalue weighted by molar-refractivity contribution is 0.414. The standard InChI is InChI=1S/C11H15BrOS/c1-13-10-4-6-11(7-5-10)14-9-3-2-8-12/h4-7H,2-3,8-9H2,1H3. The van der Waals surface area contributed by atoms with Gasteiger partial charge >= 0.3 is 0 Å². The van der Waals surface area contributed by atoms with Crippen molar-refractivity contribution in [2.45, 2.75) is 17.7 Å². The molecule has 0 aliphatic carbocycles. The van der Waals surface area contributed by atoms with E-state index >= 15 is 0 Å². The molecule has 14 heavy (non-hydrogen) atoms. The van der Waals surface area contributed by atoms with Crippen molar-refractivity contribution in [3.63, 3.8) is 0 Å². The molecule has 3 heteroatoms. The smallest absolute Gasteiger partial charge is 0.118 e. The summed E-state index contributed by atoms with van der Waals surface area (Å²) in [6.07, 6.45) is 2.52. The van der Waals surface area contributed by atoms with E-state index in [0.717, 1.165) is 11.1 Å². The number of hydrogen-bond acceptors (Lipinski definition) is 2. The van der Waals surface area contributed by atoms with Gasteiger partial charge < -0.3 is 4.74 Å². The Morgan fingerprint density at radius 1 is 1.21 bits per heavy atom. The summed E-state index contributed by atoms with van der Waals surface area (Å²) in [5, 5.41) is 1.11. The number of ether oxygens (including phenoxy) is 1. The predicted octanol–water partition coefficient (Wildman–Crippen LogP) is 3.96. The number of rotatable bonds is 6. The van der Waals surface area contributed by atoms with Crippen LogP contribution in [0.5, 0.6) is 5.75 Å². The second-order valence-electron chi connectivity index (χ2n) is 2.92. The normalized spacial score (nSPS) is 10.1. The zero-order valence-electron chi connectivity index (χ0n) is 8.33. The molecule has 0 unspecified atom stereocenters. The number of methoxy groups -OCH3 is 1. The summed E-state index contributed by atoms with van der Waals surface area (Å²) >= 11 is 5.33. The molecule has 0 N–H and O–H groups in total. The maximum atomic E-state index is 5.10. The summed E-state index contributed by atoms with van der Waals surface area (Å²) in [5.74, 6) is 2.12. The fourth-order valence-electron chi connectivity index (χ4n) is 1.06. The van der Waals surface area contributed by atoms with Gasteiger partial charge in [-0.25, -0.2) is 0 Å². The molecule has 0 aromatic heterocycles. The first-order valence-corrected chi connectivity index (χ1v) is 6.80. The molecule has 0 bridgehead atoms. The number of thioether (sulfide) groups is 1. The van der Waals surface area contributed by atoms with Gasteiger partial charge in [0.15, 0.2) is 0 Å². The molecular weight excluding hydrogens is 260 g/mol. The minimum atomic E-state index is 0.926. The summed E-state index contributed by atoms with van der Waals surface area (Å²) in [5.41, 5.74) is 0. The lowest BCUT2D eigenvalue weighted by Gasteiger charge is -2.02. The predicted molar refractivity (Wildman–Crippen MR) is 66.7 cm³/mol. The van der Waals surface area contributed by atoms with Crippen LogP contribution in [-0.2, 0) is 0 Å². The van der Waals surface area contributed by atoms with Gasteiger partial charge in [-0.1, -0.05) is 15.9 Å². The molecule has 0 spiro atoms. The van der Waals surface area contributed by atoms with Gasteiger partial charge in [-0.2, -0.15) is 0 Å². The summed E-state index contributed by atoms with van der Waals surface area (Å²) in [6, 6.07) is 8.23. The molecule has 0 aliphatic heterocycles. The van der Waals surface area contributed by atoms with Gasteiger partial charge in [0.05, 0.1) is 7.11 Å². The Hall–Kier alpha value is -0.150. The molecule has 78 valence electrons. The molecule has 0 saturated heterocycles. The number of benzene rings is 1. The Bertz CT molecular complexity index is 248. The largest absolute Gasteiger partial charge is 0.497 e. The van der Waals surface area contributed by atoms with E-state index in [1.54, 1.807) is 7.11 Å². The highest BCUT2D eigenvalue weighted by Crippen LogP contribution is 2.22. The molecule has 0 amide bonds. The van der Waals surface area contributed by atoms with Crippen LogP contribution in [0.4, 0.5) is 0 Å². The molecular formula is C11H15BrOS. The molecule has 1 nitrogen and oxygen atoms in total. The molecule has 0 heterocycles. The maximum absolute atomic E-state index is 5.10. The van der Waals surface area contributed by atoms with Gasteiger partial charge in [-0.05, 0) is 42.9 Å². The monoisotopic (exact) mass is 274 g/mol. The van der Waals surface area contributed by atoms with Crippen LogP contribution in [0.15, 0.2) is 29.2 Å². The van der Waals surface area contributed by atoms with Crippen molar-refractivity contribution in [2.24, 2.45) is 0 Å². The van der Waals surface area contributed by atoms with E-state index in [1.807, 2.05) is 23.9 Å². The van der Waals surface area contributed by atoms with Crippen LogP contribution < -0.4 is 4.74 Å². The average Bonchev–Trinajstić information content (AvgIpc) is 2.25. The van der Waals surface area contributed by atoms with Crippen molar-refractivity contribution in [3.8, 4) is 5.75 Å². The molecule has 0 aliphatic rings. The maximum Gasteiger partial charge on any atom is 0.118 e. The van der Waals surface area contributed by atoms with Gasteiger partial charge in [0.1, 0.15) is 5.75 Å². The average molecular weight is 275 g/mol. The van der Waals surface area contributed by atoms with Gasteiger partial charge in [0, 0.05) is 10.2 Å². The van der Waals surface area contributed by atoms with Gasteiger partial charge in [0.25, 0.3) is 0 Å². The zero-order chi connectivity index (χ0) is 10.2. The van der Waals surface area contributed by atoms with E-state index < -0.39 is 0 Å². The summed E-state index contributed by atoms with van der Waals surface area (Å²) < 4.78 is 5.10. The first kappa shape index (κ1) is 11.9. The lowest BCUT2D eigenvalue weighted by Crippen LogP contribution is -1.83. The highest BCUT2D eigenvalue weighted by molar-refractivity contribution is 9.09. The van der Waals surface area contributed by atoms with Crippen LogP contribution >= 0.6 is 27.7 Å². The van der Waals surface area contributed by atoms with Crippen LogP contribution in [-0.4, -0.2) is 18.2 Å². The first-order valence-electron chi connectivity index (χ1n) is 4.69. The Morgan fingerprint density at radius 3 is 2.50 bits per heavy atom. The minimum Gasteiger partial charge on any atom is -0.497 e. The van der Waals surface area contributed by atoms with E-state index in [2.05, 4.69) is 28.1 Å². The highest BCUT2D eigenvalue weighted by atomic mass is 79.9. The Balaban J connectivity index is 2.29. The molecule has 1 aromatic carbocycles. The van der Waals surface area contributed by atoms with E-state index in [9.17, 15) is 0 Å². The highest BCUT2D eigenvalue weighted by Gasteiger charge is 1.94. The lowest BCUT2D eigenvalue weighted by atomic mass is 10.3. The third kappa shape index (κ3) is 4.38. The Labute approximate surface area is 98.4 Å². The summed E-state index contributed by atoms with van der Waals surface area (Å²) in [4.78, 5) is 1.32. The number of hydrogen-bond donors (Lipinski definition) is 0. The molecule has 1 aromatic rings. The van der Waals surface area contributed by atoms with E-state index in [4.69, 9.17) is 4.74 Å². The SMILES string of the molecule is COc1ccc(SCCCCBr)cc1. The van der Waals surface area contributed by atoms with Gasteiger partial charge in [0.2, 0.25) is 0 Å². The number of alkyl halides is 1. The fourth-order valence-corrected chi connectivity index (χ4v) is 2.37. The van der Waals surface area contributed by atoms with Crippen molar-refractivity contribution in [3.05, 3.63) is 24.3 Å². The minimum absolute atomic E-state index is 0.926. The topological polar surface area (TPSA) is 9.23 Å². The van der Waals surface area contributed by atoms with Crippen LogP contribution in [0, 0.1) is 0 Å². The van der Waals surface area contributed by atoms with Crippen LogP contribution in [0.25, 0.3) is 0 Å². The van der Waals surface area contributed by atoms with Crippen LogP contribution in [0.3, 0.4) is 0 Å². The molecule has 0 saturated carbocycles. The number of halogens is 1. The van der Waals surface area contributed by atoms with Crippen molar-refractivity contribution in [1.29, 1.82) is 0 Å². The summed E-state index contributed by atoms with van der Waals surface area (Å²) in [7, 11) is 1.69. The quantitative estimate of drug-likeness (QED) is 0.441. The third-order valence-electron chi connectivity index (χ3n) is 1.86. The van der Waals surface area contributed by atoms with E-state index in [0.29, 0.717) is 0 Å². The second-order valence-corrected chi connectivity index (χ2v) is 4.88. The first-order chi connectivity index (χ1) is 6.86. The van der Waals surface area contributed by atoms with Crippen LogP contribution in [0.2, 0.25) is 0 Å². The zero-order valence-corrected chi connectivity index (χ0v) is 10.7. The number of unbranched alkanes of at least 4 members (excludes halogenated alkanes) is 1. The van der Waals surface area contributed by atoms with E-state index in [1.165, 1.54) is 23.5 Å². The Kier molecular flexibility index (Phi) is 6.12. The third-order valence-corrected chi connectivity index (χ3v) is 3.52. The van der Waals surface area contributed by atoms with E-state index in [-0.39, 0.29) is 0 Å². The molecule has 1 rings (SSSR count). The molecule has 0 radical (unpaired) electrons. The fraction of sp³-hybridized carbons (Fsp3) is 0.455. The second kappa shape index (κ2) is 7.18. The van der Waals surface area contributed by atoms with Crippen molar-refractivity contribution < 1.29 is 4.74 Å². The summed E-state index contributed by atoms with van der Waals surface area (Å²) in [6.45, 7) is 0. The van der Waals surface area contributed by atoms with Crippen molar-refractivity contribution in [2.75, 3.05) is 18.2 Å². The van der Waals surface area contributed by atoms with Gasteiger partial charge in [-0.3, -0.25) is 0 Å².